The molecule has 1 aliphatic heterocycles. The molecule has 1 N–H and O–H groups in total. The zero-order chi connectivity index (χ0) is 22.2. The van der Waals surface area contributed by atoms with Gasteiger partial charge in [-0.25, -0.2) is 4.79 Å². The Morgan fingerprint density at radius 3 is 2.32 bits per heavy atom. The van der Waals surface area contributed by atoms with Gasteiger partial charge < -0.3 is 19.9 Å². The number of aryl methyl sites for hydroxylation is 1. The zero-order valence-electron chi connectivity index (χ0n) is 18.7. The molecule has 1 atom stereocenters. The van der Waals surface area contributed by atoms with Crippen molar-refractivity contribution in [2.45, 2.75) is 32.4 Å². The van der Waals surface area contributed by atoms with E-state index >= 15 is 0 Å². The lowest BCUT2D eigenvalue weighted by Gasteiger charge is -2.31. The molecular weight excluding hydrogens is 390 g/mol. The Morgan fingerprint density at radius 2 is 1.71 bits per heavy atom. The smallest absolute Gasteiger partial charge is 0.410 e. The number of carbonyl (C=O) groups excluding carboxylic acids is 2. The maximum absolute atomic E-state index is 12.7. The molecule has 0 aliphatic carbocycles. The molecule has 0 saturated carbocycles. The Kier molecular flexibility index (Phi) is 8.06. The number of piperidine rings is 1. The number of likely N-dealkylation sites (N-methyl/N-ethyl adjacent to an activating group) is 1. The second-order valence-electron chi connectivity index (χ2n) is 8.44. The third kappa shape index (κ3) is 6.56. The number of ether oxygens (including phenoxy) is 1. The van der Waals surface area contributed by atoms with Gasteiger partial charge in [-0.15, -0.1) is 0 Å². The fourth-order valence-electron chi connectivity index (χ4n) is 3.86. The van der Waals surface area contributed by atoms with Crippen LogP contribution in [0.1, 0.15) is 35.6 Å². The van der Waals surface area contributed by atoms with E-state index in [1.807, 2.05) is 44.4 Å². The number of benzene rings is 2. The van der Waals surface area contributed by atoms with Gasteiger partial charge in [0.05, 0.1) is 6.04 Å². The monoisotopic (exact) mass is 423 g/mol. The minimum atomic E-state index is -0.310. The Labute approximate surface area is 185 Å². The predicted molar refractivity (Wildman–Crippen MR) is 122 cm³/mol. The van der Waals surface area contributed by atoms with E-state index in [0.717, 1.165) is 5.56 Å². The van der Waals surface area contributed by atoms with Crippen molar-refractivity contribution in [2.75, 3.05) is 33.7 Å². The Hall–Kier alpha value is -2.86. The van der Waals surface area contributed by atoms with E-state index in [1.165, 1.54) is 11.1 Å². The summed E-state index contributed by atoms with van der Waals surface area (Å²) >= 11 is 0. The van der Waals surface area contributed by atoms with Crippen LogP contribution in [0.25, 0.3) is 0 Å². The minimum Gasteiger partial charge on any atom is -0.445 e. The quantitative estimate of drug-likeness (QED) is 0.737. The van der Waals surface area contributed by atoms with E-state index in [2.05, 4.69) is 41.4 Å². The van der Waals surface area contributed by atoms with Gasteiger partial charge in [0.1, 0.15) is 6.61 Å². The van der Waals surface area contributed by atoms with Crippen molar-refractivity contribution in [3.05, 3.63) is 71.3 Å². The summed E-state index contributed by atoms with van der Waals surface area (Å²) in [6.45, 7) is 3.99. The van der Waals surface area contributed by atoms with Crippen molar-refractivity contribution in [1.29, 1.82) is 0 Å². The second kappa shape index (κ2) is 11.0. The molecule has 1 saturated heterocycles. The van der Waals surface area contributed by atoms with Crippen molar-refractivity contribution in [1.82, 2.24) is 15.1 Å². The SMILES string of the molecule is Cc1ccc(C(CNC(=O)C2CCN(C(=O)OCc3ccccc3)CC2)N(C)C)cc1. The van der Waals surface area contributed by atoms with E-state index in [4.69, 9.17) is 4.74 Å². The van der Waals surface area contributed by atoms with Crippen LogP contribution >= 0.6 is 0 Å². The predicted octanol–water partition coefficient (Wildman–Crippen LogP) is 3.76. The van der Waals surface area contributed by atoms with Crippen LogP contribution in [-0.4, -0.2) is 55.5 Å². The molecule has 2 amide bonds. The summed E-state index contributed by atoms with van der Waals surface area (Å²) in [5.74, 6) is -0.00438. The summed E-state index contributed by atoms with van der Waals surface area (Å²) in [5, 5.41) is 3.12. The zero-order valence-corrected chi connectivity index (χ0v) is 18.7. The number of hydrogen-bond acceptors (Lipinski definition) is 4. The Morgan fingerprint density at radius 1 is 1.06 bits per heavy atom. The van der Waals surface area contributed by atoms with Crippen molar-refractivity contribution in [3.8, 4) is 0 Å². The third-order valence-corrected chi connectivity index (χ3v) is 5.88. The number of likely N-dealkylation sites (tertiary alicyclic amines) is 1. The molecule has 0 radical (unpaired) electrons. The Balaban J connectivity index is 1.44. The third-order valence-electron chi connectivity index (χ3n) is 5.88. The lowest BCUT2D eigenvalue weighted by Crippen LogP contribution is -2.44. The van der Waals surface area contributed by atoms with E-state index in [0.29, 0.717) is 32.5 Å². The maximum atomic E-state index is 12.7. The summed E-state index contributed by atoms with van der Waals surface area (Å²) in [4.78, 5) is 28.9. The number of amides is 2. The molecule has 6 nitrogen and oxygen atoms in total. The van der Waals surface area contributed by atoms with Crippen molar-refractivity contribution in [2.24, 2.45) is 5.92 Å². The molecule has 1 fully saturated rings. The molecule has 3 rings (SSSR count). The number of rotatable bonds is 7. The van der Waals surface area contributed by atoms with Crippen LogP contribution in [0, 0.1) is 12.8 Å². The molecule has 1 unspecified atom stereocenters. The highest BCUT2D eigenvalue weighted by Gasteiger charge is 2.28. The van der Waals surface area contributed by atoms with Crippen LogP contribution in [0.2, 0.25) is 0 Å². The molecular formula is C25H33N3O3. The first-order valence-corrected chi connectivity index (χ1v) is 10.9. The Bertz CT molecular complexity index is 844. The van der Waals surface area contributed by atoms with Crippen molar-refractivity contribution in [3.63, 3.8) is 0 Å². The molecule has 0 spiro atoms. The first-order valence-electron chi connectivity index (χ1n) is 10.9. The highest BCUT2D eigenvalue weighted by molar-refractivity contribution is 5.79. The van der Waals surface area contributed by atoms with E-state index < -0.39 is 0 Å². The number of hydrogen-bond donors (Lipinski definition) is 1. The topological polar surface area (TPSA) is 61.9 Å². The molecule has 6 heteroatoms. The molecule has 2 aromatic rings. The van der Waals surface area contributed by atoms with Gasteiger partial charge in [0.15, 0.2) is 0 Å². The molecule has 2 aromatic carbocycles. The summed E-state index contributed by atoms with van der Waals surface area (Å²) in [6, 6.07) is 18.2. The molecule has 0 aromatic heterocycles. The minimum absolute atomic E-state index is 0.0660. The normalized spacial score (nSPS) is 15.5. The molecule has 166 valence electrons. The summed E-state index contributed by atoms with van der Waals surface area (Å²) in [6.07, 6.45) is 1.00. The van der Waals surface area contributed by atoms with Gasteiger partial charge in [-0.3, -0.25) is 4.79 Å². The summed E-state index contributed by atoms with van der Waals surface area (Å²) < 4.78 is 5.41. The van der Waals surface area contributed by atoms with Crippen LogP contribution in [-0.2, 0) is 16.1 Å². The van der Waals surface area contributed by atoms with E-state index in [-0.39, 0.29) is 30.6 Å². The van der Waals surface area contributed by atoms with Crippen LogP contribution in [0.5, 0.6) is 0 Å². The van der Waals surface area contributed by atoms with Gasteiger partial charge in [-0.05, 0) is 45.0 Å². The summed E-state index contributed by atoms with van der Waals surface area (Å²) in [7, 11) is 4.05. The number of nitrogens with one attached hydrogen (secondary N) is 1. The van der Waals surface area contributed by atoms with Crippen LogP contribution in [0.4, 0.5) is 4.79 Å². The van der Waals surface area contributed by atoms with Gasteiger partial charge in [0.25, 0.3) is 0 Å². The lowest BCUT2D eigenvalue weighted by molar-refractivity contribution is -0.126. The standard InChI is InChI=1S/C25H33N3O3/c1-19-9-11-21(12-10-19)23(27(2)3)17-26-24(29)22-13-15-28(16-14-22)25(30)31-18-20-7-5-4-6-8-20/h4-12,22-23H,13-18H2,1-3H3,(H,26,29). The molecule has 1 heterocycles. The highest BCUT2D eigenvalue weighted by atomic mass is 16.6. The fraction of sp³-hybridized carbons (Fsp3) is 0.440. The van der Waals surface area contributed by atoms with Crippen LogP contribution in [0.3, 0.4) is 0 Å². The van der Waals surface area contributed by atoms with Gasteiger partial charge in [0, 0.05) is 25.6 Å². The second-order valence-corrected chi connectivity index (χ2v) is 8.44. The van der Waals surface area contributed by atoms with Crippen LogP contribution < -0.4 is 5.32 Å². The number of carbonyl (C=O) groups is 2. The number of nitrogens with zero attached hydrogens (tertiary/aromatic N) is 2. The average molecular weight is 424 g/mol. The molecule has 31 heavy (non-hydrogen) atoms. The maximum Gasteiger partial charge on any atom is 0.410 e. The van der Waals surface area contributed by atoms with Gasteiger partial charge in [-0.2, -0.15) is 0 Å². The first-order chi connectivity index (χ1) is 14.9. The van der Waals surface area contributed by atoms with Gasteiger partial charge in [0.2, 0.25) is 5.91 Å². The highest BCUT2D eigenvalue weighted by Crippen LogP contribution is 2.21. The first kappa shape index (κ1) is 22.8. The fourth-order valence-corrected chi connectivity index (χ4v) is 3.86. The van der Waals surface area contributed by atoms with E-state index in [9.17, 15) is 9.59 Å². The lowest BCUT2D eigenvalue weighted by atomic mass is 9.96. The largest absolute Gasteiger partial charge is 0.445 e. The molecule has 1 aliphatic rings. The van der Waals surface area contributed by atoms with Crippen molar-refractivity contribution >= 4 is 12.0 Å². The van der Waals surface area contributed by atoms with E-state index in [1.54, 1.807) is 4.90 Å². The summed E-state index contributed by atoms with van der Waals surface area (Å²) in [5.41, 5.74) is 3.38. The van der Waals surface area contributed by atoms with Crippen molar-refractivity contribution < 1.29 is 14.3 Å². The van der Waals surface area contributed by atoms with Crippen LogP contribution in [0.15, 0.2) is 54.6 Å². The van der Waals surface area contributed by atoms with Gasteiger partial charge in [-0.1, -0.05) is 60.2 Å². The molecule has 0 bridgehead atoms. The van der Waals surface area contributed by atoms with Gasteiger partial charge >= 0.3 is 6.09 Å². The average Bonchev–Trinajstić information content (AvgIpc) is 2.79.